The molecule has 2 rings (SSSR count). The molecule has 0 fully saturated rings. The smallest absolute Gasteiger partial charge is 0.335 e. The second-order valence-corrected chi connectivity index (χ2v) is 5.77. The lowest BCUT2D eigenvalue weighted by Crippen LogP contribution is -2.24. The van der Waals surface area contributed by atoms with Crippen molar-refractivity contribution in [1.82, 2.24) is 14.7 Å². The molecule has 8 nitrogen and oxygen atoms in total. The second-order valence-electron chi connectivity index (χ2n) is 4.03. The first-order valence-corrected chi connectivity index (χ1v) is 7.31. The van der Waals surface area contributed by atoms with E-state index in [1.807, 2.05) is 0 Å². The van der Waals surface area contributed by atoms with Crippen LogP contribution < -0.4 is 9.46 Å². The van der Waals surface area contributed by atoms with E-state index in [-0.39, 0.29) is 22.8 Å². The molecule has 112 valence electrons. The van der Waals surface area contributed by atoms with Crippen molar-refractivity contribution in [3.05, 3.63) is 42.0 Å². The number of carboxylic acids is 1. The molecule has 3 N–H and O–H groups in total. The Morgan fingerprint density at radius 2 is 2.24 bits per heavy atom. The predicted molar refractivity (Wildman–Crippen MR) is 72.6 cm³/mol. The van der Waals surface area contributed by atoms with Crippen molar-refractivity contribution in [3.8, 4) is 5.75 Å². The number of sulfonamides is 1. The first-order valence-electron chi connectivity index (χ1n) is 5.83. The fourth-order valence-corrected chi connectivity index (χ4v) is 2.84. The molecule has 1 aromatic heterocycles. The molecule has 0 saturated heterocycles. The summed E-state index contributed by atoms with van der Waals surface area (Å²) in [6.07, 6.45) is 3.06. The minimum Gasteiger partial charge on any atom is -0.495 e. The zero-order valence-corrected chi connectivity index (χ0v) is 11.8. The van der Waals surface area contributed by atoms with Crippen molar-refractivity contribution in [2.75, 3.05) is 7.11 Å². The van der Waals surface area contributed by atoms with Gasteiger partial charge in [0.2, 0.25) is 10.0 Å². The highest BCUT2D eigenvalue weighted by molar-refractivity contribution is 7.89. The minimum absolute atomic E-state index is 0.0458. The van der Waals surface area contributed by atoms with E-state index in [0.29, 0.717) is 5.82 Å². The molecule has 1 aromatic carbocycles. The van der Waals surface area contributed by atoms with Gasteiger partial charge in [0.1, 0.15) is 16.5 Å². The Hall–Kier alpha value is -2.39. The number of carboxylic acid groups (broad SMARTS) is 1. The number of carbonyl (C=O) groups is 1. The van der Waals surface area contributed by atoms with Gasteiger partial charge in [0.05, 0.1) is 19.2 Å². The highest BCUT2D eigenvalue weighted by atomic mass is 32.2. The van der Waals surface area contributed by atoms with Gasteiger partial charge in [0, 0.05) is 12.4 Å². The van der Waals surface area contributed by atoms with Crippen LogP contribution in [0.1, 0.15) is 16.2 Å². The van der Waals surface area contributed by atoms with Gasteiger partial charge >= 0.3 is 5.97 Å². The lowest BCUT2D eigenvalue weighted by Gasteiger charge is -2.10. The molecule has 0 bridgehead atoms. The largest absolute Gasteiger partial charge is 0.495 e. The summed E-state index contributed by atoms with van der Waals surface area (Å²) < 4.78 is 31.8. The molecular weight excluding hydrogens is 298 g/mol. The van der Waals surface area contributed by atoms with Gasteiger partial charge in [-0.25, -0.2) is 22.9 Å². The third-order valence-electron chi connectivity index (χ3n) is 2.68. The average molecular weight is 311 g/mol. The zero-order chi connectivity index (χ0) is 15.5. The number of aromatic nitrogens is 2. The maximum absolute atomic E-state index is 12.3. The zero-order valence-electron chi connectivity index (χ0n) is 11.0. The highest BCUT2D eigenvalue weighted by Gasteiger charge is 2.21. The van der Waals surface area contributed by atoms with Crippen molar-refractivity contribution in [2.24, 2.45) is 0 Å². The van der Waals surface area contributed by atoms with Crippen molar-refractivity contribution in [3.63, 3.8) is 0 Å². The van der Waals surface area contributed by atoms with Crippen LogP contribution in [0.2, 0.25) is 0 Å². The van der Waals surface area contributed by atoms with Gasteiger partial charge in [-0.1, -0.05) is 0 Å². The van der Waals surface area contributed by atoms with Gasteiger partial charge in [-0.3, -0.25) is 0 Å². The van der Waals surface area contributed by atoms with Crippen molar-refractivity contribution < 1.29 is 23.1 Å². The quantitative estimate of drug-likeness (QED) is 0.718. The molecule has 0 amide bonds. The van der Waals surface area contributed by atoms with Crippen LogP contribution in [0, 0.1) is 0 Å². The fourth-order valence-electron chi connectivity index (χ4n) is 1.66. The molecule has 0 aliphatic heterocycles. The molecule has 9 heteroatoms. The van der Waals surface area contributed by atoms with E-state index < -0.39 is 16.0 Å². The van der Waals surface area contributed by atoms with Gasteiger partial charge in [0.15, 0.2) is 0 Å². The Labute approximate surface area is 120 Å². The Balaban J connectivity index is 2.33. The van der Waals surface area contributed by atoms with Gasteiger partial charge in [-0.05, 0) is 18.2 Å². The Bertz CT molecular complexity index is 740. The second kappa shape index (κ2) is 5.94. The lowest BCUT2D eigenvalue weighted by atomic mass is 10.2. The summed E-state index contributed by atoms with van der Waals surface area (Å²) in [7, 11) is -2.63. The number of H-pyrrole nitrogens is 1. The van der Waals surface area contributed by atoms with Crippen LogP contribution in [0.15, 0.2) is 35.5 Å². The standard InChI is InChI=1S/C12H13N3O5S/c1-20-9-3-2-8(12(16)17)6-10(9)21(18,19)15-7-11-13-4-5-14-11/h2-6,15H,7H2,1H3,(H,13,14)(H,16,17). The van der Waals surface area contributed by atoms with Crippen LogP contribution >= 0.6 is 0 Å². The number of ether oxygens (including phenoxy) is 1. The maximum Gasteiger partial charge on any atom is 0.335 e. The molecule has 2 aromatic rings. The number of benzene rings is 1. The van der Waals surface area contributed by atoms with E-state index in [2.05, 4.69) is 14.7 Å². The first kappa shape index (κ1) is 15.0. The van der Waals surface area contributed by atoms with Gasteiger partial charge in [0.25, 0.3) is 0 Å². The average Bonchev–Trinajstić information content (AvgIpc) is 2.98. The first-order chi connectivity index (χ1) is 9.94. The van der Waals surface area contributed by atoms with E-state index in [1.165, 1.54) is 25.4 Å². The Morgan fingerprint density at radius 1 is 1.48 bits per heavy atom. The molecule has 0 spiro atoms. The number of hydrogen-bond acceptors (Lipinski definition) is 5. The molecule has 0 unspecified atom stereocenters. The molecule has 0 aliphatic rings. The summed E-state index contributed by atoms with van der Waals surface area (Å²) in [6.45, 7) is -0.0458. The van der Waals surface area contributed by atoms with E-state index in [9.17, 15) is 13.2 Å². The number of aromatic carboxylic acids is 1. The number of rotatable bonds is 6. The molecule has 0 saturated carbocycles. The lowest BCUT2D eigenvalue weighted by molar-refractivity contribution is 0.0696. The number of nitrogens with one attached hydrogen (secondary N) is 2. The van der Waals surface area contributed by atoms with Crippen LogP contribution in [-0.4, -0.2) is 36.6 Å². The summed E-state index contributed by atoms with van der Waals surface area (Å²) >= 11 is 0. The normalized spacial score (nSPS) is 11.3. The summed E-state index contributed by atoms with van der Waals surface area (Å²) in [5.41, 5.74) is -0.144. The summed E-state index contributed by atoms with van der Waals surface area (Å²) in [5, 5.41) is 8.95. The molecule has 0 aliphatic carbocycles. The van der Waals surface area contributed by atoms with E-state index >= 15 is 0 Å². The molecule has 0 radical (unpaired) electrons. The van der Waals surface area contributed by atoms with Crippen LogP contribution in [0.3, 0.4) is 0 Å². The molecule has 0 atom stereocenters. The fraction of sp³-hybridized carbons (Fsp3) is 0.167. The van der Waals surface area contributed by atoms with Gasteiger partial charge in [-0.2, -0.15) is 0 Å². The number of aromatic amines is 1. The third kappa shape index (κ3) is 3.38. The predicted octanol–water partition coefficient (Wildman–Crippen LogP) is 0.595. The van der Waals surface area contributed by atoms with Crippen LogP contribution in [0.4, 0.5) is 0 Å². The SMILES string of the molecule is COc1ccc(C(=O)O)cc1S(=O)(=O)NCc1ncc[nH]1. The Kier molecular flexibility index (Phi) is 4.24. The number of nitrogens with zero attached hydrogens (tertiary/aromatic N) is 1. The van der Waals surface area contributed by atoms with E-state index in [1.54, 1.807) is 6.20 Å². The van der Waals surface area contributed by atoms with Gasteiger partial charge < -0.3 is 14.8 Å². The van der Waals surface area contributed by atoms with E-state index in [0.717, 1.165) is 6.07 Å². The van der Waals surface area contributed by atoms with Gasteiger partial charge in [-0.15, -0.1) is 0 Å². The van der Waals surface area contributed by atoms with Crippen LogP contribution in [-0.2, 0) is 16.6 Å². The summed E-state index contributed by atoms with van der Waals surface area (Å²) in [5.74, 6) is -0.723. The van der Waals surface area contributed by atoms with Crippen molar-refractivity contribution >= 4 is 16.0 Å². The molecular formula is C12H13N3O5S. The van der Waals surface area contributed by atoms with Crippen LogP contribution in [0.5, 0.6) is 5.75 Å². The molecule has 1 heterocycles. The topological polar surface area (TPSA) is 121 Å². The number of methoxy groups -OCH3 is 1. The minimum atomic E-state index is -3.93. The third-order valence-corrected chi connectivity index (χ3v) is 4.11. The summed E-state index contributed by atoms with van der Waals surface area (Å²) in [6, 6.07) is 3.61. The molecule has 21 heavy (non-hydrogen) atoms. The number of imidazole rings is 1. The maximum atomic E-state index is 12.3. The number of hydrogen-bond donors (Lipinski definition) is 3. The van der Waals surface area contributed by atoms with E-state index in [4.69, 9.17) is 9.84 Å². The monoisotopic (exact) mass is 311 g/mol. The van der Waals surface area contributed by atoms with Crippen molar-refractivity contribution in [2.45, 2.75) is 11.4 Å². The summed E-state index contributed by atoms with van der Waals surface area (Å²) in [4.78, 5) is 17.4. The highest BCUT2D eigenvalue weighted by Crippen LogP contribution is 2.24. The Morgan fingerprint density at radius 3 is 2.81 bits per heavy atom. The van der Waals surface area contributed by atoms with Crippen molar-refractivity contribution in [1.29, 1.82) is 0 Å². The van der Waals surface area contributed by atoms with Crippen LogP contribution in [0.25, 0.3) is 0 Å².